The van der Waals surface area contributed by atoms with Gasteiger partial charge in [0.25, 0.3) is 5.91 Å². The quantitative estimate of drug-likeness (QED) is 0.402. The Morgan fingerprint density at radius 3 is 2.67 bits per heavy atom. The number of anilines is 2. The number of rotatable bonds is 9. The molecule has 9 heteroatoms. The minimum absolute atomic E-state index is 0.0206. The summed E-state index contributed by atoms with van der Waals surface area (Å²) in [5, 5.41) is 21.1. The summed E-state index contributed by atoms with van der Waals surface area (Å²) in [4.78, 5) is 12.0. The Morgan fingerprint density at radius 2 is 2.07 bits per heavy atom. The fourth-order valence-corrected chi connectivity index (χ4v) is 2.76. The van der Waals surface area contributed by atoms with Gasteiger partial charge in [-0.2, -0.15) is 0 Å². The number of amides is 1. The third kappa shape index (κ3) is 5.68. The van der Waals surface area contributed by atoms with Gasteiger partial charge in [0, 0.05) is 22.1 Å². The number of carbonyl (C=O) groups excluding carboxylic acids is 1. The van der Waals surface area contributed by atoms with Gasteiger partial charge in [0.2, 0.25) is 0 Å². The van der Waals surface area contributed by atoms with Crippen molar-refractivity contribution in [2.75, 3.05) is 25.6 Å². The fraction of sp³-hybridized carbons (Fsp3) is 0.278. The Labute approximate surface area is 169 Å². The summed E-state index contributed by atoms with van der Waals surface area (Å²) >= 11 is 1.99. The number of nitrogens with one attached hydrogen (secondary N) is 1. The van der Waals surface area contributed by atoms with Crippen molar-refractivity contribution in [2.45, 2.75) is 12.5 Å². The summed E-state index contributed by atoms with van der Waals surface area (Å²) in [6.45, 7) is -0.366. The lowest BCUT2D eigenvalue weighted by Gasteiger charge is -2.17. The zero-order chi connectivity index (χ0) is 20.0. The second kappa shape index (κ2) is 9.72. The van der Waals surface area contributed by atoms with Crippen molar-refractivity contribution in [1.29, 1.82) is 0 Å². The summed E-state index contributed by atoms with van der Waals surface area (Å²) in [5.74, 6) is -0.774. The molecule has 0 aromatic heterocycles. The van der Waals surface area contributed by atoms with Crippen molar-refractivity contribution in [3.63, 3.8) is 0 Å². The maximum absolute atomic E-state index is 14.2. The first-order valence-electron chi connectivity index (χ1n) is 8.01. The van der Waals surface area contributed by atoms with E-state index < -0.39 is 24.4 Å². The summed E-state index contributed by atoms with van der Waals surface area (Å²) in [6, 6.07) is 7.58. The van der Waals surface area contributed by atoms with E-state index in [1.807, 2.05) is 22.6 Å². The van der Waals surface area contributed by atoms with Gasteiger partial charge >= 0.3 is 0 Å². The second-order valence-electron chi connectivity index (χ2n) is 5.64. The molecule has 0 aliphatic heterocycles. The minimum Gasteiger partial charge on any atom is -0.497 e. The van der Waals surface area contributed by atoms with Crippen LogP contribution in [0.2, 0.25) is 0 Å². The highest BCUT2D eigenvalue weighted by atomic mass is 127. The van der Waals surface area contributed by atoms with Crippen molar-refractivity contribution in [2.24, 2.45) is 5.73 Å². The number of carbonyl (C=O) groups is 1. The molecule has 2 aromatic carbocycles. The molecule has 27 heavy (non-hydrogen) atoms. The molecular formula is C18H20FIN2O5. The monoisotopic (exact) mass is 490 g/mol. The topological polar surface area (TPSA) is 114 Å². The standard InChI is InChI=1S/C18H20FIN2O5/c1-26-12-7-15(22-14-3-2-10(20)6-13(14)19)17(18(21)25)16(8-12)27-5-4-11(24)9-23/h2-3,6-8,11,22-24H,4-5,9H2,1H3,(H2,21,25). The molecule has 5 N–H and O–H groups in total. The van der Waals surface area contributed by atoms with E-state index in [-0.39, 0.29) is 35.7 Å². The van der Waals surface area contributed by atoms with Gasteiger partial charge < -0.3 is 30.7 Å². The molecule has 146 valence electrons. The van der Waals surface area contributed by atoms with Crippen LogP contribution in [0.15, 0.2) is 30.3 Å². The Morgan fingerprint density at radius 1 is 1.33 bits per heavy atom. The van der Waals surface area contributed by atoms with Crippen LogP contribution >= 0.6 is 22.6 Å². The van der Waals surface area contributed by atoms with E-state index in [4.69, 9.17) is 20.3 Å². The first-order valence-corrected chi connectivity index (χ1v) is 9.09. The third-order valence-corrected chi connectivity index (χ3v) is 4.35. The number of hydrogen-bond donors (Lipinski definition) is 4. The highest BCUT2D eigenvalue weighted by Gasteiger charge is 2.19. The van der Waals surface area contributed by atoms with E-state index in [9.17, 15) is 14.3 Å². The summed E-state index contributed by atoms with van der Waals surface area (Å²) in [5.41, 5.74) is 5.90. The largest absolute Gasteiger partial charge is 0.497 e. The van der Waals surface area contributed by atoms with Gasteiger partial charge in [-0.15, -0.1) is 0 Å². The molecule has 0 bridgehead atoms. The normalized spacial score (nSPS) is 11.7. The number of ether oxygens (including phenoxy) is 2. The van der Waals surface area contributed by atoms with Gasteiger partial charge in [-0.25, -0.2) is 4.39 Å². The summed E-state index contributed by atoms with van der Waals surface area (Å²) in [7, 11) is 1.44. The average Bonchev–Trinajstić information content (AvgIpc) is 2.63. The van der Waals surface area contributed by atoms with Gasteiger partial charge in [-0.05, 0) is 40.8 Å². The van der Waals surface area contributed by atoms with Gasteiger partial charge in [0.05, 0.1) is 37.8 Å². The Bertz CT molecular complexity index is 819. The fourth-order valence-electron chi connectivity index (χ4n) is 2.31. The lowest BCUT2D eigenvalue weighted by Crippen LogP contribution is -2.19. The first-order chi connectivity index (χ1) is 12.8. The van der Waals surface area contributed by atoms with Crippen LogP contribution in [-0.4, -0.2) is 42.5 Å². The third-order valence-electron chi connectivity index (χ3n) is 3.68. The lowest BCUT2D eigenvalue weighted by atomic mass is 10.1. The van der Waals surface area contributed by atoms with Crippen LogP contribution in [0.3, 0.4) is 0 Å². The molecule has 2 aromatic rings. The summed E-state index contributed by atoms with van der Waals surface area (Å²) in [6.07, 6.45) is -0.786. The lowest BCUT2D eigenvalue weighted by molar-refractivity contribution is 0.0751. The molecule has 2 rings (SSSR count). The predicted molar refractivity (Wildman–Crippen MR) is 107 cm³/mol. The van der Waals surface area contributed by atoms with Crippen LogP contribution in [0.1, 0.15) is 16.8 Å². The van der Waals surface area contributed by atoms with Gasteiger partial charge in [0.15, 0.2) is 0 Å². The van der Waals surface area contributed by atoms with E-state index in [1.54, 1.807) is 12.1 Å². The predicted octanol–water partition coefficient (Wildman–Crippen LogP) is 2.40. The number of benzene rings is 2. The van der Waals surface area contributed by atoms with Crippen molar-refractivity contribution < 1.29 is 28.9 Å². The van der Waals surface area contributed by atoms with Crippen LogP contribution < -0.4 is 20.5 Å². The maximum atomic E-state index is 14.2. The Balaban J connectivity index is 2.39. The smallest absolute Gasteiger partial charge is 0.254 e. The molecule has 1 amide bonds. The number of aliphatic hydroxyl groups excluding tert-OH is 2. The van der Waals surface area contributed by atoms with Gasteiger partial charge in [-0.3, -0.25) is 4.79 Å². The molecule has 7 nitrogen and oxygen atoms in total. The number of hydrogen-bond acceptors (Lipinski definition) is 6. The molecule has 0 aliphatic carbocycles. The van der Waals surface area contributed by atoms with E-state index in [1.165, 1.54) is 25.3 Å². The minimum atomic E-state index is -0.939. The number of halogens is 2. The van der Waals surface area contributed by atoms with Crippen LogP contribution in [-0.2, 0) is 0 Å². The van der Waals surface area contributed by atoms with Crippen molar-refractivity contribution >= 4 is 39.9 Å². The highest BCUT2D eigenvalue weighted by molar-refractivity contribution is 14.1. The molecule has 0 saturated heterocycles. The number of primary amides is 1. The van der Waals surface area contributed by atoms with Crippen LogP contribution in [0.5, 0.6) is 11.5 Å². The van der Waals surface area contributed by atoms with Gasteiger partial charge in [-0.1, -0.05) is 0 Å². The van der Waals surface area contributed by atoms with Crippen molar-refractivity contribution in [3.05, 3.63) is 45.3 Å². The average molecular weight is 490 g/mol. The molecule has 0 heterocycles. The SMILES string of the molecule is COc1cc(Nc2ccc(I)cc2F)c(C(N)=O)c(OCCC(O)CO)c1. The zero-order valence-electron chi connectivity index (χ0n) is 14.5. The molecule has 1 atom stereocenters. The highest BCUT2D eigenvalue weighted by Crippen LogP contribution is 2.35. The molecular weight excluding hydrogens is 470 g/mol. The first kappa shape index (κ1) is 21.2. The second-order valence-corrected chi connectivity index (χ2v) is 6.88. The number of aliphatic hydroxyl groups is 2. The Kier molecular flexibility index (Phi) is 7.63. The van der Waals surface area contributed by atoms with Crippen LogP contribution in [0.4, 0.5) is 15.8 Å². The molecule has 1 unspecified atom stereocenters. The van der Waals surface area contributed by atoms with E-state index >= 15 is 0 Å². The molecule has 0 spiro atoms. The van der Waals surface area contributed by atoms with E-state index in [2.05, 4.69) is 5.32 Å². The van der Waals surface area contributed by atoms with Crippen molar-refractivity contribution in [1.82, 2.24) is 0 Å². The number of nitrogens with two attached hydrogens (primary N) is 1. The zero-order valence-corrected chi connectivity index (χ0v) is 16.7. The number of methoxy groups -OCH3 is 1. The molecule has 0 radical (unpaired) electrons. The van der Waals surface area contributed by atoms with Crippen molar-refractivity contribution in [3.8, 4) is 11.5 Å². The van der Waals surface area contributed by atoms with E-state index in [0.29, 0.717) is 5.75 Å². The van der Waals surface area contributed by atoms with Crippen LogP contribution in [0, 0.1) is 9.39 Å². The molecule has 0 saturated carbocycles. The maximum Gasteiger partial charge on any atom is 0.254 e. The molecule has 0 fully saturated rings. The molecule has 0 aliphatic rings. The van der Waals surface area contributed by atoms with E-state index in [0.717, 1.165) is 3.57 Å². The summed E-state index contributed by atoms with van der Waals surface area (Å²) < 4.78 is 25.7. The van der Waals surface area contributed by atoms with Crippen LogP contribution in [0.25, 0.3) is 0 Å². The Hall–Kier alpha value is -2.11. The van der Waals surface area contributed by atoms with Gasteiger partial charge in [0.1, 0.15) is 22.9 Å².